The lowest BCUT2D eigenvalue weighted by molar-refractivity contribution is 0.0931. The zero-order valence-corrected chi connectivity index (χ0v) is 11.5. The second-order valence-electron chi connectivity index (χ2n) is 4.87. The molecule has 2 unspecified atom stereocenters. The van der Waals surface area contributed by atoms with Gasteiger partial charge in [0.15, 0.2) is 0 Å². The van der Waals surface area contributed by atoms with Crippen LogP contribution in [0.5, 0.6) is 0 Å². The van der Waals surface area contributed by atoms with Crippen molar-refractivity contribution in [2.24, 2.45) is 5.92 Å². The van der Waals surface area contributed by atoms with Gasteiger partial charge in [0.05, 0.1) is 13.2 Å². The first kappa shape index (κ1) is 13.4. The minimum atomic E-state index is -0.0471. The molecule has 0 saturated carbocycles. The van der Waals surface area contributed by atoms with Gasteiger partial charge in [0, 0.05) is 17.5 Å². The standard InChI is InChI=1S/C14H18ClNO2/c1-9(6-15)10(2)16-14(17)11-3-4-12-7-18-8-13(12)5-11/h3-5,9-10H,6-8H2,1-2H3,(H,16,17). The summed E-state index contributed by atoms with van der Waals surface area (Å²) in [6, 6.07) is 5.79. The highest BCUT2D eigenvalue weighted by molar-refractivity contribution is 6.18. The number of rotatable bonds is 4. The fourth-order valence-corrected chi connectivity index (χ4v) is 2.15. The first-order valence-electron chi connectivity index (χ1n) is 6.18. The number of amides is 1. The number of ether oxygens (including phenoxy) is 1. The summed E-state index contributed by atoms with van der Waals surface area (Å²) < 4.78 is 5.34. The summed E-state index contributed by atoms with van der Waals surface area (Å²) in [5.41, 5.74) is 2.97. The highest BCUT2D eigenvalue weighted by atomic mass is 35.5. The van der Waals surface area contributed by atoms with Gasteiger partial charge in [-0.05, 0) is 36.1 Å². The van der Waals surface area contributed by atoms with E-state index in [4.69, 9.17) is 16.3 Å². The SMILES string of the molecule is CC(CCl)C(C)NC(=O)c1ccc2c(c1)COC2. The largest absolute Gasteiger partial charge is 0.372 e. The van der Waals surface area contributed by atoms with Crippen LogP contribution in [0.15, 0.2) is 18.2 Å². The molecule has 0 spiro atoms. The minimum Gasteiger partial charge on any atom is -0.372 e. The average Bonchev–Trinajstić information content (AvgIpc) is 2.84. The van der Waals surface area contributed by atoms with Crippen LogP contribution >= 0.6 is 11.6 Å². The van der Waals surface area contributed by atoms with Crippen LogP contribution in [0.25, 0.3) is 0 Å². The number of hydrogen-bond acceptors (Lipinski definition) is 2. The molecule has 1 amide bonds. The molecule has 2 atom stereocenters. The molecule has 0 fully saturated rings. The van der Waals surface area contributed by atoms with Crippen molar-refractivity contribution in [2.45, 2.75) is 33.1 Å². The fraction of sp³-hybridized carbons (Fsp3) is 0.500. The topological polar surface area (TPSA) is 38.3 Å². The number of fused-ring (bicyclic) bond motifs is 1. The smallest absolute Gasteiger partial charge is 0.251 e. The summed E-state index contributed by atoms with van der Waals surface area (Å²) in [6.45, 7) is 5.25. The summed E-state index contributed by atoms with van der Waals surface area (Å²) in [5.74, 6) is 0.752. The summed E-state index contributed by atoms with van der Waals surface area (Å²) in [4.78, 5) is 12.1. The zero-order chi connectivity index (χ0) is 13.1. The van der Waals surface area contributed by atoms with Gasteiger partial charge in [0.2, 0.25) is 0 Å². The van der Waals surface area contributed by atoms with Gasteiger partial charge in [-0.1, -0.05) is 13.0 Å². The number of nitrogens with one attached hydrogen (secondary N) is 1. The minimum absolute atomic E-state index is 0.0471. The van der Waals surface area contributed by atoms with E-state index in [0.29, 0.717) is 24.7 Å². The number of benzene rings is 1. The second-order valence-corrected chi connectivity index (χ2v) is 5.18. The predicted molar refractivity (Wildman–Crippen MR) is 71.7 cm³/mol. The molecule has 1 heterocycles. The van der Waals surface area contributed by atoms with E-state index in [1.54, 1.807) is 0 Å². The molecule has 0 saturated heterocycles. The molecule has 0 bridgehead atoms. The van der Waals surface area contributed by atoms with Crippen LogP contribution in [0.2, 0.25) is 0 Å². The van der Waals surface area contributed by atoms with Crippen molar-refractivity contribution in [3.8, 4) is 0 Å². The quantitative estimate of drug-likeness (QED) is 0.852. The Labute approximate surface area is 112 Å². The molecule has 0 radical (unpaired) electrons. The molecule has 0 aliphatic carbocycles. The average molecular weight is 268 g/mol. The third-order valence-corrected chi connectivity index (χ3v) is 3.93. The van der Waals surface area contributed by atoms with Crippen LogP contribution in [0.1, 0.15) is 35.3 Å². The van der Waals surface area contributed by atoms with Gasteiger partial charge >= 0.3 is 0 Å². The maximum Gasteiger partial charge on any atom is 0.251 e. The van der Waals surface area contributed by atoms with Crippen molar-refractivity contribution in [3.63, 3.8) is 0 Å². The van der Waals surface area contributed by atoms with E-state index in [0.717, 1.165) is 5.56 Å². The lowest BCUT2D eigenvalue weighted by atomic mass is 10.0. The van der Waals surface area contributed by atoms with Crippen LogP contribution in [-0.4, -0.2) is 17.8 Å². The summed E-state index contributed by atoms with van der Waals surface area (Å²) in [6.07, 6.45) is 0. The molecule has 4 heteroatoms. The van der Waals surface area contributed by atoms with Crippen LogP contribution in [0, 0.1) is 5.92 Å². The normalized spacial score (nSPS) is 17.1. The Morgan fingerprint density at radius 1 is 1.39 bits per heavy atom. The summed E-state index contributed by atoms with van der Waals surface area (Å²) in [7, 11) is 0. The molecule has 0 aromatic heterocycles. The van der Waals surface area contributed by atoms with E-state index < -0.39 is 0 Å². The lowest BCUT2D eigenvalue weighted by Crippen LogP contribution is -2.37. The van der Waals surface area contributed by atoms with E-state index in [1.807, 2.05) is 32.0 Å². The van der Waals surface area contributed by atoms with Crippen molar-refractivity contribution in [3.05, 3.63) is 34.9 Å². The molecule has 1 N–H and O–H groups in total. The highest BCUT2D eigenvalue weighted by Crippen LogP contribution is 2.21. The van der Waals surface area contributed by atoms with E-state index in [9.17, 15) is 4.79 Å². The third-order valence-electron chi connectivity index (χ3n) is 3.44. The number of carbonyl (C=O) groups is 1. The van der Waals surface area contributed by atoms with Gasteiger partial charge in [-0.3, -0.25) is 4.79 Å². The van der Waals surface area contributed by atoms with Crippen molar-refractivity contribution >= 4 is 17.5 Å². The molecule has 98 valence electrons. The Morgan fingerprint density at radius 3 is 2.83 bits per heavy atom. The maximum atomic E-state index is 12.1. The van der Waals surface area contributed by atoms with Gasteiger partial charge in [-0.2, -0.15) is 0 Å². The van der Waals surface area contributed by atoms with Gasteiger partial charge in [0.25, 0.3) is 5.91 Å². The Hall–Kier alpha value is -1.06. The van der Waals surface area contributed by atoms with Crippen LogP contribution in [0.3, 0.4) is 0 Å². The Balaban J connectivity index is 2.05. The van der Waals surface area contributed by atoms with Gasteiger partial charge in [0.1, 0.15) is 0 Å². The van der Waals surface area contributed by atoms with E-state index in [2.05, 4.69) is 5.32 Å². The Kier molecular flexibility index (Phi) is 4.25. The predicted octanol–water partition coefficient (Wildman–Crippen LogP) is 2.71. The van der Waals surface area contributed by atoms with Crippen molar-refractivity contribution < 1.29 is 9.53 Å². The molecule has 2 rings (SSSR count). The molecule has 3 nitrogen and oxygen atoms in total. The molecule has 1 aliphatic heterocycles. The van der Waals surface area contributed by atoms with Crippen molar-refractivity contribution in [2.75, 3.05) is 5.88 Å². The van der Waals surface area contributed by atoms with Crippen LogP contribution < -0.4 is 5.32 Å². The first-order valence-corrected chi connectivity index (χ1v) is 6.71. The number of alkyl halides is 1. The molecule has 18 heavy (non-hydrogen) atoms. The monoisotopic (exact) mass is 267 g/mol. The number of hydrogen-bond donors (Lipinski definition) is 1. The zero-order valence-electron chi connectivity index (χ0n) is 10.7. The number of halogens is 1. The summed E-state index contributed by atoms with van der Waals surface area (Å²) in [5, 5.41) is 2.97. The fourth-order valence-electron chi connectivity index (χ4n) is 1.88. The number of carbonyl (C=O) groups excluding carboxylic acids is 1. The lowest BCUT2D eigenvalue weighted by Gasteiger charge is -2.19. The molecule has 1 aromatic rings. The van der Waals surface area contributed by atoms with Crippen molar-refractivity contribution in [1.82, 2.24) is 5.32 Å². The summed E-state index contributed by atoms with van der Waals surface area (Å²) >= 11 is 5.79. The third kappa shape index (κ3) is 2.85. The van der Waals surface area contributed by atoms with Gasteiger partial charge in [-0.25, -0.2) is 0 Å². The Bertz CT molecular complexity index is 447. The van der Waals surface area contributed by atoms with Crippen molar-refractivity contribution in [1.29, 1.82) is 0 Å². The first-order chi connectivity index (χ1) is 8.61. The van der Waals surface area contributed by atoms with E-state index >= 15 is 0 Å². The highest BCUT2D eigenvalue weighted by Gasteiger charge is 2.17. The Morgan fingerprint density at radius 2 is 2.11 bits per heavy atom. The van der Waals surface area contributed by atoms with Gasteiger partial charge < -0.3 is 10.1 Å². The molecule has 1 aromatic carbocycles. The maximum absolute atomic E-state index is 12.1. The molecular formula is C14H18ClNO2. The van der Waals surface area contributed by atoms with Crippen LogP contribution in [0.4, 0.5) is 0 Å². The van der Waals surface area contributed by atoms with Gasteiger partial charge in [-0.15, -0.1) is 11.6 Å². The van der Waals surface area contributed by atoms with E-state index in [1.165, 1.54) is 5.56 Å². The van der Waals surface area contributed by atoms with E-state index in [-0.39, 0.29) is 17.9 Å². The molecule has 1 aliphatic rings. The second kappa shape index (κ2) is 5.72. The molecular weight excluding hydrogens is 250 g/mol. The van der Waals surface area contributed by atoms with Crippen LogP contribution in [-0.2, 0) is 18.0 Å².